The summed E-state index contributed by atoms with van der Waals surface area (Å²) in [5, 5.41) is 13.7. The molecule has 3 aromatic rings. The summed E-state index contributed by atoms with van der Waals surface area (Å²) in [7, 11) is 0. The number of aliphatic hydroxyl groups excluding tert-OH is 1. The SMILES string of the molecule is CC(=O)c1c(C)[nH]c(C(=O)COC(=O)c2nn(CCO)c(=O)c3ccccc23)c1C. The van der Waals surface area contributed by atoms with Crippen molar-refractivity contribution in [3.8, 4) is 0 Å². The van der Waals surface area contributed by atoms with Crippen LogP contribution >= 0.6 is 0 Å². The molecule has 0 atom stereocenters. The zero-order valence-corrected chi connectivity index (χ0v) is 16.8. The Hall–Kier alpha value is -3.59. The Kier molecular flexibility index (Phi) is 5.93. The molecule has 0 amide bonds. The van der Waals surface area contributed by atoms with Crippen molar-refractivity contribution in [2.24, 2.45) is 0 Å². The molecule has 0 saturated carbocycles. The molecule has 3 rings (SSSR count). The molecule has 0 aliphatic heterocycles. The third kappa shape index (κ3) is 3.79. The number of aromatic nitrogens is 3. The van der Waals surface area contributed by atoms with Crippen molar-refractivity contribution in [3.63, 3.8) is 0 Å². The minimum Gasteiger partial charge on any atom is -0.452 e. The number of carbonyl (C=O) groups excluding carboxylic acids is 3. The molecule has 9 nitrogen and oxygen atoms in total. The molecule has 0 spiro atoms. The number of nitrogens with one attached hydrogen (secondary N) is 1. The maximum absolute atomic E-state index is 12.6. The largest absolute Gasteiger partial charge is 0.452 e. The van der Waals surface area contributed by atoms with Crippen molar-refractivity contribution in [2.45, 2.75) is 27.3 Å². The van der Waals surface area contributed by atoms with E-state index in [2.05, 4.69) is 10.1 Å². The van der Waals surface area contributed by atoms with Crippen LogP contribution in [0.1, 0.15) is 49.5 Å². The van der Waals surface area contributed by atoms with Crippen LogP contribution in [0.3, 0.4) is 0 Å². The Bertz CT molecular complexity index is 1220. The standard InChI is InChI=1S/C21H21N3O6/c1-11-17(13(3)26)12(2)22-18(11)16(27)10-30-21(29)19-14-6-4-5-7-15(14)20(28)24(23-19)8-9-25/h4-7,22,25H,8-10H2,1-3H3. The highest BCUT2D eigenvalue weighted by molar-refractivity contribution is 6.06. The Balaban J connectivity index is 1.88. The highest BCUT2D eigenvalue weighted by Crippen LogP contribution is 2.19. The van der Waals surface area contributed by atoms with Crippen LogP contribution in [0.5, 0.6) is 0 Å². The van der Waals surface area contributed by atoms with Gasteiger partial charge in [0.25, 0.3) is 5.56 Å². The smallest absolute Gasteiger partial charge is 0.359 e. The molecule has 0 radical (unpaired) electrons. The van der Waals surface area contributed by atoms with E-state index in [9.17, 15) is 19.2 Å². The van der Waals surface area contributed by atoms with Crippen molar-refractivity contribution < 1.29 is 24.2 Å². The zero-order chi connectivity index (χ0) is 22.0. The van der Waals surface area contributed by atoms with Crippen molar-refractivity contribution in [2.75, 3.05) is 13.2 Å². The van der Waals surface area contributed by atoms with Gasteiger partial charge in [-0.3, -0.25) is 14.4 Å². The van der Waals surface area contributed by atoms with Crippen molar-refractivity contribution in [1.82, 2.24) is 14.8 Å². The van der Waals surface area contributed by atoms with Gasteiger partial charge in [0.1, 0.15) is 0 Å². The number of Topliss-reactive ketones (excluding diaryl/α,β-unsaturated/α-hetero) is 2. The summed E-state index contributed by atoms with van der Waals surface area (Å²) >= 11 is 0. The second-order valence-electron chi connectivity index (χ2n) is 6.83. The lowest BCUT2D eigenvalue weighted by atomic mass is 10.1. The Morgan fingerprint density at radius 3 is 2.43 bits per heavy atom. The average molecular weight is 411 g/mol. The van der Waals surface area contributed by atoms with E-state index in [0.29, 0.717) is 22.2 Å². The fourth-order valence-corrected chi connectivity index (χ4v) is 3.46. The van der Waals surface area contributed by atoms with E-state index < -0.39 is 23.9 Å². The predicted octanol–water partition coefficient (Wildman–Crippen LogP) is 1.58. The first-order valence-corrected chi connectivity index (χ1v) is 9.27. The van der Waals surface area contributed by atoms with E-state index in [4.69, 9.17) is 9.84 Å². The fraction of sp³-hybridized carbons (Fsp3) is 0.286. The molecular formula is C21H21N3O6. The number of hydrogen-bond acceptors (Lipinski definition) is 7. The van der Waals surface area contributed by atoms with Gasteiger partial charge in [0.15, 0.2) is 18.1 Å². The highest BCUT2D eigenvalue weighted by atomic mass is 16.5. The number of ketones is 2. The number of benzene rings is 1. The predicted molar refractivity (Wildman–Crippen MR) is 108 cm³/mol. The minimum absolute atomic E-state index is 0.0857. The van der Waals surface area contributed by atoms with E-state index in [1.807, 2.05) is 0 Å². The number of H-pyrrole nitrogens is 1. The molecule has 0 aliphatic carbocycles. The maximum atomic E-state index is 12.6. The van der Waals surface area contributed by atoms with E-state index in [0.717, 1.165) is 4.68 Å². The van der Waals surface area contributed by atoms with E-state index in [1.54, 1.807) is 38.1 Å². The molecule has 2 aromatic heterocycles. The van der Waals surface area contributed by atoms with Crippen molar-refractivity contribution >= 4 is 28.3 Å². The van der Waals surface area contributed by atoms with Gasteiger partial charge in [-0.1, -0.05) is 18.2 Å². The van der Waals surface area contributed by atoms with Crippen molar-refractivity contribution in [1.29, 1.82) is 0 Å². The van der Waals surface area contributed by atoms with Gasteiger partial charge in [-0.25, -0.2) is 9.48 Å². The third-order valence-electron chi connectivity index (χ3n) is 4.78. The summed E-state index contributed by atoms with van der Waals surface area (Å²) in [4.78, 5) is 52.2. The Labute approximate surface area is 171 Å². The van der Waals surface area contributed by atoms with Crippen LogP contribution in [0.15, 0.2) is 29.1 Å². The van der Waals surface area contributed by atoms with Gasteiger partial charge in [-0.15, -0.1) is 0 Å². The van der Waals surface area contributed by atoms with Crippen LogP contribution in [0.2, 0.25) is 0 Å². The van der Waals surface area contributed by atoms with Gasteiger partial charge in [0.2, 0.25) is 5.78 Å². The highest BCUT2D eigenvalue weighted by Gasteiger charge is 2.23. The molecule has 156 valence electrons. The number of ether oxygens (including phenoxy) is 1. The molecule has 2 N–H and O–H groups in total. The number of aryl methyl sites for hydroxylation is 1. The first kappa shape index (κ1) is 21.1. The first-order valence-electron chi connectivity index (χ1n) is 9.27. The first-order chi connectivity index (χ1) is 14.3. The normalized spacial score (nSPS) is 10.9. The van der Waals surface area contributed by atoms with Crippen LogP contribution in [0, 0.1) is 13.8 Å². The average Bonchev–Trinajstić information content (AvgIpc) is 3.02. The van der Waals surface area contributed by atoms with E-state index in [1.165, 1.54) is 6.92 Å². The van der Waals surface area contributed by atoms with E-state index >= 15 is 0 Å². The molecular weight excluding hydrogens is 390 g/mol. The number of rotatable bonds is 7. The van der Waals surface area contributed by atoms with Gasteiger partial charge >= 0.3 is 5.97 Å². The van der Waals surface area contributed by atoms with Gasteiger partial charge < -0.3 is 14.8 Å². The molecule has 9 heteroatoms. The summed E-state index contributed by atoms with van der Waals surface area (Å²) in [6.07, 6.45) is 0. The second-order valence-corrected chi connectivity index (χ2v) is 6.83. The third-order valence-corrected chi connectivity index (χ3v) is 4.78. The monoisotopic (exact) mass is 411 g/mol. The molecule has 0 unspecified atom stereocenters. The fourth-order valence-electron chi connectivity index (χ4n) is 3.46. The maximum Gasteiger partial charge on any atom is 0.359 e. The number of carbonyl (C=O) groups is 3. The summed E-state index contributed by atoms with van der Waals surface area (Å²) < 4.78 is 6.14. The molecule has 0 bridgehead atoms. The quantitative estimate of drug-likeness (QED) is 0.446. The molecule has 0 saturated heterocycles. The molecule has 2 heterocycles. The van der Waals surface area contributed by atoms with Gasteiger partial charge in [0, 0.05) is 16.6 Å². The van der Waals surface area contributed by atoms with E-state index in [-0.39, 0.29) is 35.7 Å². The number of aliphatic hydroxyl groups is 1. The lowest BCUT2D eigenvalue weighted by Crippen LogP contribution is -2.28. The van der Waals surface area contributed by atoms with Gasteiger partial charge in [0.05, 0.1) is 24.2 Å². The molecule has 0 aliphatic rings. The summed E-state index contributed by atoms with van der Waals surface area (Å²) in [6.45, 7) is 3.77. The van der Waals surface area contributed by atoms with Crippen molar-refractivity contribution in [3.05, 3.63) is 62.8 Å². The van der Waals surface area contributed by atoms with Crippen LogP contribution < -0.4 is 5.56 Å². The van der Waals surface area contributed by atoms with Crippen LogP contribution in [0.4, 0.5) is 0 Å². The molecule has 30 heavy (non-hydrogen) atoms. The minimum atomic E-state index is -0.876. The molecule has 0 fully saturated rings. The summed E-state index contributed by atoms with van der Waals surface area (Å²) in [5.41, 5.74) is 1.14. The van der Waals surface area contributed by atoms with Crippen LogP contribution in [-0.2, 0) is 11.3 Å². The lowest BCUT2D eigenvalue weighted by molar-refractivity contribution is 0.0466. The number of hydrogen-bond donors (Lipinski definition) is 2. The summed E-state index contributed by atoms with van der Waals surface area (Å²) in [5.74, 6) is -1.54. The summed E-state index contributed by atoms with van der Waals surface area (Å²) in [6, 6.07) is 6.40. The van der Waals surface area contributed by atoms with Gasteiger partial charge in [-0.05, 0) is 32.4 Å². The number of esters is 1. The van der Waals surface area contributed by atoms with Gasteiger partial charge in [-0.2, -0.15) is 5.10 Å². The van der Waals surface area contributed by atoms with Crippen LogP contribution in [-0.4, -0.2) is 50.6 Å². The zero-order valence-electron chi connectivity index (χ0n) is 16.8. The Morgan fingerprint density at radius 2 is 1.83 bits per heavy atom. The number of fused-ring (bicyclic) bond motifs is 1. The lowest BCUT2D eigenvalue weighted by Gasteiger charge is -2.10. The van der Waals surface area contributed by atoms with Crippen LogP contribution in [0.25, 0.3) is 10.8 Å². The molecule has 1 aromatic carbocycles. The second kappa shape index (κ2) is 8.42. The number of nitrogens with zero attached hydrogens (tertiary/aromatic N) is 2. The Morgan fingerprint density at radius 1 is 1.17 bits per heavy atom. The number of aromatic amines is 1. The topological polar surface area (TPSA) is 131 Å².